The topological polar surface area (TPSA) is 29.1 Å². The lowest BCUT2D eigenvalue weighted by Crippen LogP contribution is -2.30. The highest BCUT2D eigenvalue weighted by Crippen LogP contribution is 2.10. The molecule has 1 N–H and O–H groups in total. The molecule has 1 rings (SSSR count). The van der Waals surface area contributed by atoms with Gasteiger partial charge in [-0.3, -0.25) is 4.79 Å². The minimum Gasteiger partial charge on any atom is -0.308 e. The number of rotatable bonds is 7. The first kappa shape index (κ1) is 12.4. The zero-order valence-corrected chi connectivity index (χ0v) is 10.3. The molecule has 0 spiro atoms. The van der Waals surface area contributed by atoms with E-state index in [1.165, 1.54) is 4.88 Å². The van der Waals surface area contributed by atoms with Crippen molar-refractivity contribution < 1.29 is 4.79 Å². The van der Waals surface area contributed by atoms with Crippen molar-refractivity contribution in [3.8, 4) is 0 Å². The van der Waals surface area contributed by atoms with E-state index in [9.17, 15) is 4.79 Å². The van der Waals surface area contributed by atoms with Crippen molar-refractivity contribution in [3.63, 3.8) is 0 Å². The number of Topliss-reactive ketones (excluding diaryl/α,β-unsaturated/α-hetero) is 1. The molecule has 84 valence electrons. The van der Waals surface area contributed by atoms with Gasteiger partial charge in [-0.15, -0.1) is 11.3 Å². The monoisotopic (exact) mass is 225 g/mol. The largest absolute Gasteiger partial charge is 0.308 e. The molecule has 0 aliphatic heterocycles. The minimum absolute atomic E-state index is 0.309. The summed E-state index contributed by atoms with van der Waals surface area (Å²) in [4.78, 5) is 12.8. The third kappa shape index (κ3) is 5.09. The number of ketones is 1. The third-order valence-corrected chi connectivity index (χ3v) is 3.43. The van der Waals surface area contributed by atoms with E-state index in [-0.39, 0.29) is 0 Å². The predicted molar refractivity (Wildman–Crippen MR) is 65.4 cm³/mol. The molecule has 3 heteroatoms. The molecule has 1 aromatic rings. The zero-order chi connectivity index (χ0) is 11.1. The Labute approximate surface area is 95.7 Å². The van der Waals surface area contributed by atoms with Crippen molar-refractivity contribution in [2.75, 3.05) is 6.54 Å². The molecule has 1 unspecified atom stereocenters. The normalized spacial score (nSPS) is 12.7. The van der Waals surface area contributed by atoms with Gasteiger partial charge in [0.15, 0.2) is 0 Å². The molecule has 1 atom stereocenters. The van der Waals surface area contributed by atoms with Gasteiger partial charge < -0.3 is 5.32 Å². The SMILES string of the molecule is CCC(C)NCC(=O)CCc1cccs1. The fraction of sp³-hybridized carbons (Fsp3) is 0.583. The summed E-state index contributed by atoms with van der Waals surface area (Å²) in [5.74, 6) is 0.309. The number of thiophene rings is 1. The molecule has 0 aliphatic carbocycles. The molecule has 15 heavy (non-hydrogen) atoms. The maximum atomic E-state index is 11.5. The highest BCUT2D eigenvalue weighted by molar-refractivity contribution is 7.09. The van der Waals surface area contributed by atoms with Gasteiger partial charge >= 0.3 is 0 Å². The van der Waals surface area contributed by atoms with Crippen LogP contribution in [0.25, 0.3) is 0 Å². The highest BCUT2D eigenvalue weighted by atomic mass is 32.1. The molecule has 2 nitrogen and oxygen atoms in total. The first-order valence-electron chi connectivity index (χ1n) is 5.49. The van der Waals surface area contributed by atoms with E-state index >= 15 is 0 Å². The van der Waals surface area contributed by atoms with Gasteiger partial charge in [-0.2, -0.15) is 0 Å². The van der Waals surface area contributed by atoms with Crippen LogP contribution in [0.15, 0.2) is 17.5 Å². The van der Waals surface area contributed by atoms with E-state index in [1.807, 2.05) is 6.07 Å². The summed E-state index contributed by atoms with van der Waals surface area (Å²) >= 11 is 1.72. The summed E-state index contributed by atoms with van der Waals surface area (Å²) in [5, 5.41) is 5.27. The Morgan fingerprint density at radius 3 is 3.00 bits per heavy atom. The molecule has 0 fully saturated rings. The Morgan fingerprint density at radius 2 is 2.40 bits per heavy atom. The molecule has 1 heterocycles. The summed E-state index contributed by atoms with van der Waals surface area (Å²) < 4.78 is 0. The molecular weight excluding hydrogens is 206 g/mol. The van der Waals surface area contributed by atoms with Crippen molar-refractivity contribution >= 4 is 17.1 Å². The molecule has 0 amide bonds. The first-order chi connectivity index (χ1) is 7.22. The quantitative estimate of drug-likeness (QED) is 0.773. The van der Waals surface area contributed by atoms with Gasteiger partial charge in [0.25, 0.3) is 0 Å². The fourth-order valence-corrected chi connectivity index (χ4v) is 1.95. The van der Waals surface area contributed by atoms with E-state index in [0.717, 1.165) is 12.8 Å². The van der Waals surface area contributed by atoms with Crippen LogP contribution in [-0.4, -0.2) is 18.4 Å². The van der Waals surface area contributed by atoms with Crippen molar-refractivity contribution in [2.45, 2.75) is 39.2 Å². The van der Waals surface area contributed by atoms with Crippen LogP contribution in [0.5, 0.6) is 0 Å². The summed E-state index contributed by atoms with van der Waals surface area (Å²) in [5.41, 5.74) is 0. The first-order valence-corrected chi connectivity index (χ1v) is 6.37. The maximum absolute atomic E-state index is 11.5. The van der Waals surface area contributed by atoms with E-state index in [4.69, 9.17) is 0 Å². The van der Waals surface area contributed by atoms with Crippen molar-refractivity contribution in [1.29, 1.82) is 0 Å². The standard InChI is InChI=1S/C12H19NOS/c1-3-10(2)13-9-11(14)6-7-12-5-4-8-15-12/h4-5,8,10,13H,3,6-7,9H2,1-2H3. The Balaban J connectivity index is 2.14. The van der Waals surface area contributed by atoms with Crippen LogP contribution in [0.1, 0.15) is 31.6 Å². The Morgan fingerprint density at radius 1 is 1.60 bits per heavy atom. The summed E-state index contributed by atoms with van der Waals surface area (Å²) in [6, 6.07) is 4.55. The van der Waals surface area contributed by atoms with Crippen LogP contribution in [0.2, 0.25) is 0 Å². The molecule has 0 aliphatic rings. The van der Waals surface area contributed by atoms with Crippen molar-refractivity contribution in [3.05, 3.63) is 22.4 Å². The highest BCUT2D eigenvalue weighted by Gasteiger charge is 2.04. The molecular formula is C12H19NOS. The Bertz CT molecular complexity index is 282. The van der Waals surface area contributed by atoms with Crippen LogP contribution >= 0.6 is 11.3 Å². The summed E-state index contributed by atoms with van der Waals surface area (Å²) in [6.45, 7) is 4.74. The van der Waals surface area contributed by atoms with Crippen molar-refractivity contribution in [2.24, 2.45) is 0 Å². The molecule has 1 aromatic heterocycles. The molecule has 0 aromatic carbocycles. The van der Waals surface area contributed by atoms with Crippen LogP contribution in [0.4, 0.5) is 0 Å². The smallest absolute Gasteiger partial charge is 0.146 e. The van der Waals surface area contributed by atoms with E-state index in [0.29, 0.717) is 24.8 Å². The van der Waals surface area contributed by atoms with Crippen LogP contribution in [0, 0.1) is 0 Å². The third-order valence-electron chi connectivity index (χ3n) is 2.49. The Kier molecular flexibility index (Phi) is 5.58. The van der Waals surface area contributed by atoms with Gasteiger partial charge in [0.1, 0.15) is 5.78 Å². The predicted octanol–water partition coefficient (Wildman–Crippen LogP) is 2.64. The lowest BCUT2D eigenvalue weighted by molar-refractivity contribution is -0.118. The molecule has 0 radical (unpaired) electrons. The molecule has 0 saturated carbocycles. The van der Waals surface area contributed by atoms with Gasteiger partial charge in [0, 0.05) is 17.3 Å². The average Bonchev–Trinajstić information content (AvgIpc) is 2.75. The van der Waals surface area contributed by atoms with Crippen LogP contribution < -0.4 is 5.32 Å². The van der Waals surface area contributed by atoms with Crippen LogP contribution in [-0.2, 0) is 11.2 Å². The van der Waals surface area contributed by atoms with Crippen LogP contribution in [0.3, 0.4) is 0 Å². The molecule has 0 saturated heterocycles. The lowest BCUT2D eigenvalue weighted by atomic mass is 10.2. The second-order valence-electron chi connectivity index (χ2n) is 3.81. The van der Waals surface area contributed by atoms with E-state index in [1.54, 1.807) is 11.3 Å². The number of aryl methyl sites for hydroxylation is 1. The van der Waals surface area contributed by atoms with Gasteiger partial charge in [-0.25, -0.2) is 0 Å². The van der Waals surface area contributed by atoms with E-state index < -0.39 is 0 Å². The minimum atomic E-state index is 0.309. The number of carbonyl (C=O) groups is 1. The summed E-state index contributed by atoms with van der Waals surface area (Å²) in [7, 11) is 0. The van der Waals surface area contributed by atoms with Gasteiger partial charge in [0.2, 0.25) is 0 Å². The average molecular weight is 225 g/mol. The molecule has 0 bridgehead atoms. The van der Waals surface area contributed by atoms with Gasteiger partial charge in [-0.05, 0) is 31.2 Å². The number of hydrogen-bond donors (Lipinski definition) is 1. The second-order valence-corrected chi connectivity index (χ2v) is 4.84. The lowest BCUT2D eigenvalue weighted by Gasteiger charge is -2.09. The number of nitrogens with one attached hydrogen (secondary N) is 1. The summed E-state index contributed by atoms with van der Waals surface area (Å²) in [6.07, 6.45) is 2.61. The maximum Gasteiger partial charge on any atom is 0.146 e. The van der Waals surface area contributed by atoms with Crippen molar-refractivity contribution in [1.82, 2.24) is 5.32 Å². The van der Waals surface area contributed by atoms with Gasteiger partial charge in [0.05, 0.1) is 6.54 Å². The second kappa shape index (κ2) is 6.75. The van der Waals surface area contributed by atoms with E-state index in [2.05, 4.69) is 30.6 Å². The zero-order valence-electron chi connectivity index (χ0n) is 9.45. The Hall–Kier alpha value is -0.670. The number of hydrogen-bond acceptors (Lipinski definition) is 3. The fourth-order valence-electron chi connectivity index (χ4n) is 1.24. The number of carbonyl (C=O) groups excluding carboxylic acids is 1. The van der Waals surface area contributed by atoms with Gasteiger partial charge in [-0.1, -0.05) is 13.0 Å².